The summed E-state index contributed by atoms with van der Waals surface area (Å²) in [6.45, 7) is 4.96. The van der Waals surface area contributed by atoms with Crippen molar-refractivity contribution in [1.29, 1.82) is 0 Å². The summed E-state index contributed by atoms with van der Waals surface area (Å²) in [5.41, 5.74) is 5.35. The highest BCUT2D eigenvalue weighted by atomic mass is 16.2. The summed E-state index contributed by atoms with van der Waals surface area (Å²) in [6, 6.07) is 8.56. The molecule has 0 spiro atoms. The maximum atomic E-state index is 13.3. The molecule has 2 aliphatic rings. The molecule has 1 amide bonds. The van der Waals surface area contributed by atoms with Crippen LogP contribution in [0.2, 0.25) is 0 Å². The number of benzene rings is 1. The van der Waals surface area contributed by atoms with Gasteiger partial charge in [-0.05, 0) is 44.2 Å². The van der Waals surface area contributed by atoms with Crippen LogP contribution in [-0.4, -0.2) is 22.2 Å². The third-order valence-electron chi connectivity index (χ3n) is 5.54. The first kappa shape index (κ1) is 15.4. The lowest BCUT2D eigenvalue weighted by Crippen LogP contribution is -2.39. The molecule has 1 aliphatic heterocycles. The third-order valence-corrected chi connectivity index (χ3v) is 5.54. The molecule has 1 saturated carbocycles. The second kappa shape index (κ2) is 6.08. The van der Waals surface area contributed by atoms with E-state index in [2.05, 4.69) is 30.7 Å². The number of aromatic nitrogens is 2. The first-order valence-electron chi connectivity index (χ1n) is 9.18. The molecule has 2 heterocycles. The molecule has 0 atom stereocenters. The van der Waals surface area contributed by atoms with E-state index in [4.69, 9.17) is 5.10 Å². The lowest BCUT2D eigenvalue weighted by Gasteiger charge is -2.29. The van der Waals surface area contributed by atoms with Crippen molar-refractivity contribution in [2.24, 2.45) is 0 Å². The van der Waals surface area contributed by atoms with Gasteiger partial charge in [0.1, 0.15) is 5.69 Å². The van der Waals surface area contributed by atoms with Crippen molar-refractivity contribution in [2.75, 3.05) is 11.4 Å². The molecule has 4 nitrogen and oxygen atoms in total. The number of hydrogen-bond donors (Lipinski definition) is 0. The topological polar surface area (TPSA) is 38.1 Å². The van der Waals surface area contributed by atoms with E-state index in [1.165, 1.54) is 18.4 Å². The molecule has 1 aromatic carbocycles. The van der Waals surface area contributed by atoms with E-state index in [0.29, 0.717) is 6.04 Å². The van der Waals surface area contributed by atoms with E-state index >= 15 is 0 Å². The normalized spacial score (nSPS) is 18.2. The minimum atomic E-state index is 0.129. The molecule has 1 fully saturated rings. The van der Waals surface area contributed by atoms with E-state index in [0.717, 1.165) is 54.9 Å². The fraction of sp³-hybridized carbons (Fsp3) is 0.500. The van der Waals surface area contributed by atoms with Gasteiger partial charge in [0.15, 0.2) is 0 Å². The lowest BCUT2D eigenvalue weighted by molar-refractivity contribution is 0.0967. The minimum Gasteiger partial charge on any atom is -0.306 e. The van der Waals surface area contributed by atoms with Crippen LogP contribution in [0.3, 0.4) is 0 Å². The van der Waals surface area contributed by atoms with E-state index in [1.807, 2.05) is 17.0 Å². The molecule has 0 N–H and O–H groups in total. The number of rotatable bonds is 3. The fourth-order valence-electron chi connectivity index (χ4n) is 4.25. The number of anilines is 1. The number of fused-ring (bicyclic) bond motifs is 1. The smallest absolute Gasteiger partial charge is 0.276 e. The highest BCUT2D eigenvalue weighted by Crippen LogP contribution is 2.35. The Morgan fingerprint density at radius 3 is 2.67 bits per heavy atom. The summed E-state index contributed by atoms with van der Waals surface area (Å²) in [7, 11) is 0. The van der Waals surface area contributed by atoms with Gasteiger partial charge in [0, 0.05) is 17.8 Å². The standard InChI is InChI=1S/C20H25N3O/c1-3-17-16-12-13-22(18-11-7-4-8-14(18)2)20(24)19(16)23(21-17)15-9-5-6-10-15/h4,7-8,11,15H,3,5-6,9-10,12-13H2,1-2H3. The maximum Gasteiger partial charge on any atom is 0.276 e. The molecule has 4 rings (SSSR count). The highest BCUT2D eigenvalue weighted by molar-refractivity contribution is 6.07. The Hall–Kier alpha value is -2.10. The van der Waals surface area contributed by atoms with Gasteiger partial charge >= 0.3 is 0 Å². The van der Waals surface area contributed by atoms with Crippen molar-refractivity contribution in [2.45, 2.75) is 58.4 Å². The number of amides is 1. The van der Waals surface area contributed by atoms with Gasteiger partial charge < -0.3 is 4.90 Å². The highest BCUT2D eigenvalue weighted by Gasteiger charge is 2.35. The summed E-state index contributed by atoms with van der Waals surface area (Å²) in [5.74, 6) is 0.129. The number of carbonyl (C=O) groups is 1. The van der Waals surface area contributed by atoms with Crippen molar-refractivity contribution in [3.8, 4) is 0 Å². The molecule has 0 saturated heterocycles. The monoisotopic (exact) mass is 323 g/mol. The second-order valence-electron chi connectivity index (χ2n) is 7.00. The van der Waals surface area contributed by atoms with Crippen LogP contribution in [0.15, 0.2) is 24.3 Å². The maximum absolute atomic E-state index is 13.3. The summed E-state index contributed by atoms with van der Waals surface area (Å²) < 4.78 is 2.08. The van der Waals surface area contributed by atoms with Gasteiger partial charge in [-0.25, -0.2) is 0 Å². The minimum absolute atomic E-state index is 0.129. The van der Waals surface area contributed by atoms with Crippen LogP contribution in [0.5, 0.6) is 0 Å². The number of para-hydroxylation sites is 1. The Kier molecular flexibility index (Phi) is 3.91. The van der Waals surface area contributed by atoms with Gasteiger partial charge in [-0.3, -0.25) is 9.48 Å². The van der Waals surface area contributed by atoms with Crippen LogP contribution < -0.4 is 4.90 Å². The zero-order chi connectivity index (χ0) is 16.7. The lowest BCUT2D eigenvalue weighted by atomic mass is 10.0. The zero-order valence-corrected chi connectivity index (χ0v) is 14.6. The first-order valence-corrected chi connectivity index (χ1v) is 9.18. The van der Waals surface area contributed by atoms with Gasteiger partial charge in [-0.1, -0.05) is 38.0 Å². The fourth-order valence-corrected chi connectivity index (χ4v) is 4.25. The van der Waals surface area contributed by atoms with Crippen LogP contribution in [0.4, 0.5) is 5.69 Å². The first-order chi connectivity index (χ1) is 11.7. The molecular formula is C20H25N3O. The van der Waals surface area contributed by atoms with E-state index in [9.17, 15) is 4.79 Å². The average molecular weight is 323 g/mol. The molecule has 24 heavy (non-hydrogen) atoms. The van der Waals surface area contributed by atoms with Crippen molar-refractivity contribution < 1.29 is 4.79 Å². The molecule has 0 unspecified atom stereocenters. The van der Waals surface area contributed by atoms with Gasteiger partial charge in [0.2, 0.25) is 0 Å². The number of carbonyl (C=O) groups excluding carboxylic acids is 1. The quantitative estimate of drug-likeness (QED) is 0.854. The van der Waals surface area contributed by atoms with Crippen molar-refractivity contribution >= 4 is 11.6 Å². The Morgan fingerprint density at radius 1 is 1.21 bits per heavy atom. The second-order valence-corrected chi connectivity index (χ2v) is 7.00. The van der Waals surface area contributed by atoms with Crippen LogP contribution in [0.1, 0.15) is 66.0 Å². The predicted molar refractivity (Wildman–Crippen MR) is 95.7 cm³/mol. The van der Waals surface area contributed by atoms with Crippen molar-refractivity contribution in [1.82, 2.24) is 9.78 Å². The molecule has 0 bridgehead atoms. The van der Waals surface area contributed by atoms with Gasteiger partial charge in [-0.2, -0.15) is 5.10 Å². The molecule has 0 radical (unpaired) electrons. The van der Waals surface area contributed by atoms with E-state index in [-0.39, 0.29) is 5.91 Å². The predicted octanol–water partition coefficient (Wildman–Crippen LogP) is 4.07. The van der Waals surface area contributed by atoms with Gasteiger partial charge in [-0.15, -0.1) is 0 Å². The van der Waals surface area contributed by atoms with Crippen LogP contribution in [-0.2, 0) is 12.8 Å². The molecular weight excluding hydrogens is 298 g/mol. The Bertz CT molecular complexity index is 771. The Labute approximate surface area is 143 Å². The molecule has 1 aliphatic carbocycles. The van der Waals surface area contributed by atoms with Crippen LogP contribution in [0, 0.1) is 6.92 Å². The largest absolute Gasteiger partial charge is 0.306 e. The molecule has 126 valence electrons. The molecule has 2 aromatic rings. The zero-order valence-electron chi connectivity index (χ0n) is 14.6. The van der Waals surface area contributed by atoms with Crippen LogP contribution >= 0.6 is 0 Å². The van der Waals surface area contributed by atoms with Crippen molar-refractivity contribution in [3.05, 3.63) is 46.8 Å². The van der Waals surface area contributed by atoms with Crippen LogP contribution in [0.25, 0.3) is 0 Å². The molecule has 1 aromatic heterocycles. The van der Waals surface area contributed by atoms with Crippen molar-refractivity contribution in [3.63, 3.8) is 0 Å². The number of nitrogens with zero attached hydrogens (tertiary/aromatic N) is 3. The average Bonchev–Trinajstić information content (AvgIpc) is 3.23. The number of hydrogen-bond acceptors (Lipinski definition) is 2. The molecule has 4 heteroatoms. The van der Waals surface area contributed by atoms with Gasteiger partial charge in [0.25, 0.3) is 5.91 Å². The Morgan fingerprint density at radius 2 is 1.96 bits per heavy atom. The SMILES string of the molecule is CCc1nn(C2CCCC2)c2c1CCN(c1ccccc1C)C2=O. The third kappa shape index (κ3) is 2.36. The van der Waals surface area contributed by atoms with E-state index < -0.39 is 0 Å². The summed E-state index contributed by atoms with van der Waals surface area (Å²) in [4.78, 5) is 15.3. The summed E-state index contributed by atoms with van der Waals surface area (Å²) in [5, 5.41) is 4.86. The summed E-state index contributed by atoms with van der Waals surface area (Å²) in [6.07, 6.45) is 6.60. The van der Waals surface area contributed by atoms with Gasteiger partial charge in [0.05, 0.1) is 11.7 Å². The number of aryl methyl sites for hydroxylation is 2. The Balaban J connectivity index is 1.78. The summed E-state index contributed by atoms with van der Waals surface area (Å²) >= 11 is 0. The van der Waals surface area contributed by atoms with E-state index in [1.54, 1.807) is 0 Å².